The molecule has 2 saturated heterocycles. The zero-order chi connectivity index (χ0) is 14.9. The maximum absolute atomic E-state index is 12.8. The Hall–Kier alpha value is -1.94. The highest BCUT2D eigenvalue weighted by atomic mass is 16.5. The monoisotopic (exact) mass is 283 g/mol. The number of carbonyl (C=O) groups excluding carboxylic acids is 2. The summed E-state index contributed by atoms with van der Waals surface area (Å²) in [6.45, 7) is 5.92. The van der Waals surface area contributed by atoms with Gasteiger partial charge >= 0.3 is 0 Å². The first-order chi connectivity index (χ1) is 9.99. The van der Waals surface area contributed by atoms with E-state index in [9.17, 15) is 9.59 Å². The molecule has 1 aromatic carbocycles. The van der Waals surface area contributed by atoms with Gasteiger partial charge < -0.3 is 4.74 Å². The van der Waals surface area contributed by atoms with Crippen molar-refractivity contribution in [3.8, 4) is 0 Å². The minimum Gasteiger partial charge on any atom is -0.365 e. The number of rotatable bonds is 1. The first-order valence-corrected chi connectivity index (χ1v) is 7.28. The van der Waals surface area contributed by atoms with Crippen LogP contribution in [0.15, 0.2) is 24.3 Å². The third-order valence-electron chi connectivity index (χ3n) is 4.77. The number of fused-ring (bicyclic) bond motifs is 5. The van der Waals surface area contributed by atoms with Crippen molar-refractivity contribution in [2.24, 2.45) is 11.8 Å². The van der Waals surface area contributed by atoms with Crippen molar-refractivity contribution in [1.82, 2.24) is 0 Å². The average Bonchev–Trinajstić information content (AvgIpc) is 3.06. The van der Waals surface area contributed by atoms with E-state index >= 15 is 0 Å². The SMILES string of the molecule is Cc1cc(C)c(N2C(=O)C3C4C=CC(O4)C3C2=O)c(C)c1. The Morgan fingerprint density at radius 3 is 1.86 bits per heavy atom. The third-order valence-corrected chi connectivity index (χ3v) is 4.77. The van der Waals surface area contributed by atoms with Crippen molar-refractivity contribution in [2.75, 3.05) is 4.90 Å². The molecule has 0 aliphatic carbocycles. The van der Waals surface area contributed by atoms with Crippen LogP contribution in [0.4, 0.5) is 5.69 Å². The molecule has 3 aliphatic rings. The summed E-state index contributed by atoms with van der Waals surface area (Å²) < 4.78 is 5.66. The van der Waals surface area contributed by atoms with Crippen molar-refractivity contribution >= 4 is 17.5 Å². The summed E-state index contributed by atoms with van der Waals surface area (Å²) >= 11 is 0. The Morgan fingerprint density at radius 2 is 1.38 bits per heavy atom. The fraction of sp³-hybridized carbons (Fsp3) is 0.412. The van der Waals surface area contributed by atoms with Gasteiger partial charge in [0.15, 0.2) is 0 Å². The number of ether oxygens (including phenoxy) is 1. The molecule has 108 valence electrons. The van der Waals surface area contributed by atoms with Crippen LogP contribution in [0.5, 0.6) is 0 Å². The van der Waals surface area contributed by atoms with E-state index in [1.807, 2.05) is 45.1 Å². The lowest BCUT2D eigenvalue weighted by Gasteiger charge is -2.22. The van der Waals surface area contributed by atoms with Crippen LogP contribution in [-0.4, -0.2) is 24.0 Å². The van der Waals surface area contributed by atoms with Crippen molar-refractivity contribution in [1.29, 1.82) is 0 Å². The number of benzene rings is 1. The maximum Gasteiger partial charge on any atom is 0.240 e. The second kappa shape index (κ2) is 4.04. The van der Waals surface area contributed by atoms with Gasteiger partial charge in [0, 0.05) is 0 Å². The first-order valence-electron chi connectivity index (χ1n) is 7.28. The molecular weight excluding hydrogens is 266 g/mol. The Balaban J connectivity index is 1.82. The minimum atomic E-state index is -0.340. The van der Waals surface area contributed by atoms with Crippen LogP contribution in [0.1, 0.15) is 16.7 Å². The predicted molar refractivity (Wildman–Crippen MR) is 77.9 cm³/mol. The van der Waals surface area contributed by atoms with Crippen LogP contribution in [0.3, 0.4) is 0 Å². The Labute approximate surface area is 123 Å². The molecule has 0 N–H and O–H groups in total. The van der Waals surface area contributed by atoms with E-state index in [4.69, 9.17) is 4.74 Å². The first kappa shape index (κ1) is 12.8. The van der Waals surface area contributed by atoms with E-state index in [1.165, 1.54) is 4.90 Å². The summed E-state index contributed by atoms with van der Waals surface area (Å²) in [5.74, 6) is -0.908. The standard InChI is InChI=1S/C17H17NO3/c1-8-6-9(2)15(10(3)7-8)18-16(19)13-11-4-5-12(21-11)14(13)17(18)20/h4-7,11-14H,1-3H3. The quantitative estimate of drug-likeness (QED) is 0.585. The number of imide groups is 1. The Morgan fingerprint density at radius 1 is 0.905 bits per heavy atom. The van der Waals surface area contributed by atoms with E-state index in [0.717, 1.165) is 22.4 Å². The van der Waals surface area contributed by atoms with Crippen LogP contribution in [0.2, 0.25) is 0 Å². The second-order valence-electron chi connectivity index (χ2n) is 6.26. The van der Waals surface area contributed by atoms with Gasteiger partial charge in [-0.1, -0.05) is 29.8 Å². The van der Waals surface area contributed by atoms with Crippen LogP contribution >= 0.6 is 0 Å². The van der Waals surface area contributed by atoms with E-state index in [1.54, 1.807) is 0 Å². The molecule has 4 rings (SSSR count). The van der Waals surface area contributed by atoms with Crippen LogP contribution < -0.4 is 4.90 Å². The molecule has 0 saturated carbocycles. The van der Waals surface area contributed by atoms with Gasteiger partial charge in [-0.25, -0.2) is 4.90 Å². The van der Waals surface area contributed by atoms with Crippen molar-refractivity contribution < 1.29 is 14.3 Å². The summed E-state index contributed by atoms with van der Waals surface area (Å²) in [6.07, 6.45) is 3.37. The molecule has 21 heavy (non-hydrogen) atoms. The topological polar surface area (TPSA) is 46.6 Å². The van der Waals surface area contributed by atoms with Crippen LogP contribution in [-0.2, 0) is 14.3 Å². The predicted octanol–water partition coefficient (Wildman–Crippen LogP) is 2.05. The number of hydrogen-bond donors (Lipinski definition) is 0. The van der Waals surface area contributed by atoms with Crippen molar-refractivity contribution in [3.63, 3.8) is 0 Å². The number of hydrogen-bond acceptors (Lipinski definition) is 3. The zero-order valence-corrected chi connectivity index (χ0v) is 12.3. The fourth-order valence-corrected chi connectivity index (χ4v) is 4.05. The molecule has 4 atom stereocenters. The van der Waals surface area contributed by atoms with Gasteiger partial charge in [0.05, 0.1) is 29.7 Å². The van der Waals surface area contributed by atoms with E-state index in [0.29, 0.717) is 0 Å². The molecule has 3 aliphatic heterocycles. The largest absolute Gasteiger partial charge is 0.365 e. The zero-order valence-electron chi connectivity index (χ0n) is 12.3. The second-order valence-corrected chi connectivity index (χ2v) is 6.26. The van der Waals surface area contributed by atoms with Crippen molar-refractivity contribution in [2.45, 2.75) is 33.0 Å². The fourth-order valence-electron chi connectivity index (χ4n) is 4.05. The smallest absolute Gasteiger partial charge is 0.240 e. The molecule has 4 heteroatoms. The molecule has 0 aromatic heterocycles. The normalized spacial score (nSPS) is 33.2. The average molecular weight is 283 g/mol. The lowest BCUT2D eigenvalue weighted by atomic mass is 9.85. The minimum absolute atomic E-state index is 0.114. The van der Waals surface area contributed by atoms with Gasteiger partial charge in [0.1, 0.15) is 0 Å². The lowest BCUT2D eigenvalue weighted by molar-refractivity contribution is -0.124. The molecule has 1 aromatic rings. The third kappa shape index (κ3) is 1.54. The molecule has 2 bridgehead atoms. The van der Waals surface area contributed by atoms with Gasteiger partial charge in [-0.3, -0.25) is 9.59 Å². The van der Waals surface area contributed by atoms with E-state index < -0.39 is 0 Å². The van der Waals surface area contributed by atoms with E-state index in [2.05, 4.69) is 0 Å². The summed E-state index contributed by atoms with van der Waals surface area (Å²) in [6, 6.07) is 4.03. The lowest BCUT2D eigenvalue weighted by Crippen LogP contribution is -2.35. The number of carbonyl (C=O) groups is 2. The Kier molecular flexibility index (Phi) is 2.46. The molecule has 4 unspecified atom stereocenters. The summed E-state index contributed by atoms with van der Waals surface area (Å²) in [4.78, 5) is 26.9. The van der Waals surface area contributed by atoms with Crippen LogP contribution in [0.25, 0.3) is 0 Å². The molecule has 2 amide bonds. The summed E-state index contributed by atoms with van der Waals surface area (Å²) in [5.41, 5.74) is 3.83. The molecule has 3 heterocycles. The highest BCUT2D eigenvalue weighted by molar-refractivity contribution is 6.23. The molecular formula is C17H17NO3. The van der Waals surface area contributed by atoms with Crippen LogP contribution in [0, 0.1) is 32.6 Å². The highest BCUT2D eigenvalue weighted by Gasteiger charge is 2.61. The summed E-state index contributed by atoms with van der Waals surface area (Å²) in [7, 11) is 0. The summed E-state index contributed by atoms with van der Waals surface area (Å²) in [5, 5.41) is 0. The van der Waals surface area contributed by atoms with Gasteiger partial charge in [-0.05, 0) is 31.9 Å². The molecule has 0 spiro atoms. The number of nitrogens with zero attached hydrogens (tertiary/aromatic N) is 1. The number of aryl methyl sites for hydroxylation is 3. The van der Waals surface area contributed by atoms with E-state index in [-0.39, 0.29) is 35.9 Å². The molecule has 2 fully saturated rings. The number of anilines is 1. The maximum atomic E-state index is 12.8. The van der Waals surface area contributed by atoms with Gasteiger partial charge in [-0.15, -0.1) is 0 Å². The number of amides is 2. The molecule has 0 radical (unpaired) electrons. The highest BCUT2D eigenvalue weighted by Crippen LogP contribution is 2.47. The van der Waals surface area contributed by atoms with Gasteiger partial charge in [0.2, 0.25) is 11.8 Å². The molecule has 4 nitrogen and oxygen atoms in total. The van der Waals surface area contributed by atoms with Crippen molar-refractivity contribution in [3.05, 3.63) is 41.0 Å². The van der Waals surface area contributed by atoms with Gasteiger partial charge in [-0.2, -0.15) is 0 Å². The van der Waals surface area contributed by atoms with Gasteiger partial charge in [0.25, 0.3) is 0 Å². The Bertz CT molecular complexity index is 653.